The van der Waals surface area contributed by atoms with Gasteiger partial charge in [-0.05, 0) is 17.7 Å². The first-order valence-corrected chi connectivity index (χ1v) is 4.19. The van der Waals surface area contributed by atoms with E-state index in [1.807, 2.05) is 0 Å². The Morgan fingerprint density at radius 3 is 2.00 bits per heavy atom. The molecule has 2 heteroatoms. The van der Waals surface area contributed by atoms with Crippen molar-refractivity contribution in [3.63, 3.8) is 0 Å². The van der Waals surface area contributed by atoms with E-state index < -0.39 is 0 Å². The third kappa shape index (κ3) is 4.85. The summed E-state index contributed by atoms with van der Waals surface area (Å²) in [6, 6.07) is 6.16. The minimum atomic E-state index is -0.216. The quantitative estimate of drug-likeness (QED) is 0.690. The van der Waals surface area contributed by atoms with Gasteiger partial charge in [-0.1, -0.05) is 32.4 Å². The lowest BCUT2D eigenvalue weighted by Crippen LogP contribution is -1.94. The number of hydrogen-bond donors (Lipinski definition) is 1. The summed E-state index contributed by atoms with van der Waals surface area (Å²) in [6.07, 6.45) is 1.25. The fourth-order valence-corrected chi connectivity index (χ4v) is 0.620. The van der Waals surface area contributed by atoms with Crippen molar-refractivity contribution in [3.8, 4) is 0 Å². The first kappa shape index (κ1) is 11.1. The van der Waals surface area contributed by atoms with Gasteiger partial charge in [0.05, 0.1) is 0 Å². The number of nitrogens with two attached hydrogens (primary N) is 1. The number of halogens is 1. The molecule has 0 fully saturated rings. The number of rotatable bonds is 1. The van der Waals surface area contributed by atoms with E-state index in [0.29, 0.717) is 6.54 Å². The summed E-state index contributed by atoms with van der Waals surface area (Å²) in [5.74, 6) is -0.216. The lowest BCUT2D eigenvalue weighted by Gasteiger charge is -1.92. The molecule has 0 amide bonds. The first-order chi connectivity index (χ1) is 5.74. The third-order valence-corrected chi connectivity index (χ3v) is 1.15. The lowest BCUT2D eigenvalue weighted by atomic mass is 10.2. The minimum absolute atomic E-state index is 0. The van der Waals surface area contributed by atoms with Crippen LogP contribution < -0.4 is 5.73 Å². The van der Waals surface area contributed by atoms with Gasteiger partial charge in [0.25, 0.3) is 0 Å². The van der Waals surface area contributed by atoms with Gasteiger partial charge in [0.15, 0.2) is 0 Å². The highest BCUT2D eigenvalue weighted by Gasteiger charge is 1.87. The second kappa shape index (κ2) is 6.80. The predicted octanol–water partition coefficient (Wildman–Crippen LogP) is 2.95. The molecule has 1 nitrogen and oxygen atoms in total. The Hall–Kier alpha value is -0.890. The molecule has 0 aliphatic carbocycles. The average molecular weight is 171 g/mol. The Morgan fingerprint density at radius 2 is 1.67 bits per heavy atom. The van der Waals surface area contributed by atoms with Crippen LogP contribution in [-0.4, -0.2) is 0 Å². The van der Waals surface area contributed by atoms with E-state index in [0.717, 1.165) is 5.56 Å². The molecule has 0 aliphatic heterocycles. The zero-order valence-electron chi connectivity index (χ0n) is 7.68. The normalized spacial score (nSPS) is 8.67. The molecule has 0 atom stereocenters. The molecule has 12 heavy (non-hydrogen) atoms. The van der Waals surface area contributed by atoms with Crippen LogP contribution >= 0.6 is 0 Å². The van der Waals surface area contributed by atoms with Gasteiger partial charge in [0, 0.05) is 7.97 Å². The summed E-state index contributed by atoms with van der Waals surface area (Å²) in [5.41, 5.74) is 6.23. The molecule has 0 aliphatic rings. The molecule has 70 valence electrons. The van der Waals surface area contributed by atoms with Crippen LogP contribution in [0.5, 0.6) is 0 Å². The standard InChI is InChI=1S/C7H8FN.C3H8.H2/c8-7-3-1-6(5-9)2-4-7;1-3-2;/h1-4H,5,9H2;3H2,1-2H3;1H. The van der Waals surface area contributed by atoms with Gasteiger partial charge in [0.1, 0.15) is 5.82 Å². The molecular weight excluding hydrogens is 153 g/mol. The highest BCUT2D eigenvalue weighted by molar-refractivity contribution is 5.15. The molecule has 0 bridgehead atoms. The van der Waals surface area contributed by atoms with Gasteiger partial charge < -0.3 is 5.73 Å². The van der Waals surface area contributed by atoms with Crippen molar-refractivity contribution in [2.24, 2.45) is 5.73 Å². The van der Waals surface area contributed by atoms with Crippen LogP contribution in [0.1, 0.15) is 27.3 Å². The zero-order valence-corrected chi connectivity index (χ0v) is 7.68. The van der Waals surface area contributed by atoms with Crippen LogP contribution in [0, 0.1) is 5.82 Å². The largest absolute Gasteiger partial charge is 0.326 e. The van der Waals surface area contributed by atoms with Gasteiger partial charge in [0.2, 0.25) is 0 Å². The average Bonchev–Trinajstić information content (AvgIpc) is 2.07. The Bertz CT molecular complexity index is 199. The summed E-state index contributed by atoms with van der Waals surface area (Å²) in [6.45, 7) is 4.72. The molecule has 0 aromatic heterocycles. The van der Waals surface area contributed by atoms with Crippen LogP contribution in [0.25, 0.3) is 0 Å². The zero-order chi connectivity index (χ0) is 9.40. The van der Waals surface area contributed by atoms with E-state index in [1.54, 1.807) is 12.1 Å². The summed E-state index contributed by atoms with van der Waals surface area (Å²) < 4.78 is 12.2. The Labute approximate surface area is 74.9 Å². The molecule has 1 aromatic rings. The predicted molar refractivity (Wildman–Crippen MR) is 52.4 cm³/mol. The maximum absolute atomic E-state index is 12.2. The highest BCUT2D eigenvalue weighted by Crippen LogP contribution is 2.00. The summed E-state index contributed by atoms with van der Waals surface area (Å²) >= 11 is 0. The molecule has 1 aromatic carbocycles. The van der Waals surface area contributed by atoms with Crippen LogP contribution in [0.4, 0.5) is 4.39 Å². The van der Waals surface area contributed by atoms with Crippen LogP contribution in [0.3, 0.4) is 0 Å². The topological polar surface area (TPSA) is 26.0 Å². The van der Waals surface area contributed by atoms with E-state index in [-0.39, 0.29) is 7.24 Å². The van der Waals surface area contributed by atoms with Gasteiger partial charge >= 0.3 is 0 Å². The maximum atomic E-state index is 12.2. The smallest absolute Gasteiger partial charge is 0.123 e. The molecule has 0 saturated heterocycles. The molecule has 2 N–H and O–H groups in total. The van der Waals surface area contributed by atoms with E-state index in [4.69, 9.17) is 5.73 Å². The summed E-state index contributed by atoms with van der Waals surface area (Å²) in [7, 11) is 0. The van der Waals surface area contributed by atoms with Crippen molar-refractivity contribution in [1.29, 1.82) is 0 Å². The van der Waals surface area contributed by atoms with Gasteiger partial charge in [-0.3, -0.25) is 0 Å². The Balaban J connectivity index is 0. The number of hydrogen-bond acceptors (Lipinski definition) is 1. The van der Waals surface area contributed by atoms with Crippen molar-refractivity contribution in [3.05, 3.63) is 35.6 Å². The molecule has 1 rings (SSSR count). The Morgan fingerprint density at radius 1 is 1.25 bits per heavy atom. The molecule has 0 saturated carbocycles. The molecule has 0 radical (unpaired) electrons. The van der Waals surface area contributed by atoms with E-state index >= 15 is 0 Å². The van der Waals surface area contributed by atoms with Crippen molar-refractivity contribution in [1.82, 2.24) is 0 Å². The molecule has 0 spiro atoms. The van der Waals surface area contributed by atoms with E-state index in [2.05, 4.69) is 13.8 Å². The van der Waals surface area contributed by atoms with Crippen LogP contribution in [0.15, 0.2) is 24.3 Å². The van der Waals surface area contributed by atoms with E-state index in [9.17, 15) is 4.39 Å². The number of benzene rings is 1. The highest BCUT2D eigenvalue weighted by atomic mass is 19.1. The van der Waals surface area contributed by atoms with Crippen molar-refractivity contribution in [2.45, 2.75) is 26.8 Å². The van der Waals surface area contributed by atoms with Crippen LogP contribution in [0.2, 0.25) is 0 Å². The molecule has 0 heterocycles. The Kier molecular flexibility index (Phi) is 6.29. The second-order valence-electron chi connectivity index (χ2n) is 2.54. The fraction of sp³-hybridized carbons (Fsp3) is 0.400. The first-order valence-electron chi connectivity index (χ1n) is 4.19. The van der Waals surface area contributed by atoms with Gasteiger partial charge in [-0.25, -0.2) is 4.39 Å². The van der Waals surface area contributed by atoms with Crippen LogP contribution in [-0.2, 0) is 6.54 Å². The molecule has 0 unspecified atom stereocenters. The third-order valence-electron chi connectivity index (χ3n) is 1.15. The minimum Gasteiger partial charge on any atom is -0.326 e. The second-order valence-corrected chi connectivity index (χ2v) is 2.54. The summed E-state index contributed by atoms with van der Waals surface area (Å²) in [5, 5.41) is 0. The summed E-state index contributed by atoms with van der Waals surface area (Å²) in [4.78, 5) is 0. The van der Waals surface area contributed by atoms with Gasteiger partial charge in [-0.15, -0.1) is 0 Å². The van der Waals surface area contributed by atoms with E-state index in [1.165, 1.54) is 18.6 Å². The fourth-order valence-electron chi connectivity index (χ4n) is 0.620. The lowest BCUT2D eigenvalue weighted by molar-refractivity contribution is 0.627. The van der Waals surface area contributed by atoms with Crippen molar-refractivity contribution in [2.75, 3.05) is 0 Å². The van der Waals surface area contributed by atoms with Crippen molar-refractivity contribution < 1.29 is 5.82 Å². The SMILES string of the molecule is CCC.NCc1ccc(F)cc1.[HH]. The van der Waals surface area contributed by atoms with Crippen molar-refractivity contribution >= 4 is 0 Å². The maximum Gasteiger partial charge on any atom is 0.123 e. The molecular formula is C10H18FN. The monoisotopic (exact) mass is 171 g/mol. The van der Waals surface area contributed by atoms with Gasteiger partial charge in [-0.2, -0.15) is 0 Å².